The third kappa shape index (κ3) is 5.04. The maximum absolute atomic E-state index is 5.36. The van der Waals surface area contributed by atoms with E-state index in [1.165, 1.54) is 44.2 Å². The molecule has 114 valence electrons. The van der Waals surface area contributed by atoms with Gasteiger partial charge in [-0.1, -0.05) is 40.0 Å². The van der Waals surface area contributed by atoms with Crippen molar-refractivity contribution in [3.05, 3.63) is 0 Å². The van der Waals surface area contributed by atoms with Gasteiger partial charge in [0.05, 0.1) is 0 Å². The number of hydrazone groups is 1. The molecule has 2 N–H and O–H groups in total. The molecule has 0 unspecified atom stereocenters. The molecule has 0 bridgehead atoms. The minimum absolute atomic E-state index is 0.372. The molecule has 0 aromatic heterocycles. The second-order valence-corrected chi connectivity index (χ2v) is 7.86. The largest absolute Gasteiger partial charge is 0.359 e. The van der Waals surface area contributed by atoms with Crippen molar-refractivity contribution >= 4 is 23.0 Å². The molecule has 0 aromatic rings. The number of nitrogens with zero attached hydrogens (tertiary/aromatic N) is 1. The van der Waals surface area contributed by atoms with Crippen LogP contribution in [-0.4, -0.2) is 16.9 Å². The monoisotopic (exact) mass is 295 g/mol. The molecular weight excluding hydrogens is 266 g/mol. The van der Waals surface area contributed by atoms with E-state index in [-0.39, 0.29) is 0 Å². The van der Waals surface area contributed by atoms with E-state index in [2.05, 4.69) is 36.6 Å². The molecule has 2 fully saturated rings. The first-order valence-electron chi connectivity index (χ1n) is 8.06. The third-order valence-corrected chi connectivity index (χ3v) is 4.63. The normalized spacial score (nSPS) is 29.1. The Morgan fingerprint density at radius 1 is 1.25 bits per heavy atom. The molecule has 4 heteroatoms. The minimum Gasteiger partial charge on any atom is -0.359 e. The van der Waals surface area contributed by atoms with E-state index < -0.39 is 0 Å². The Morgan fingerprint density at radius 2 is 1.95 bits per heavy atom. The van der Waals surface area contributed by atoms with Crippen LogP contribution in [0.2, 0.25) is 0 Å². The summed E-state index contributed by atoms with van der Waals surface area (Å²) in [5.41, 5.74) is 4.70. The van der Waals surface area contributed by atoms with Crippen LogP contribution < -0.4 is 10.7 Å². The van der Waals surface area contributed by atoms with Gasteiger partial charge >= 0.3 is 0 Å². The Bertz CT molecular complexity index is 370. The molecule has 2 aliphatic carbocycles. The van der Waals surface area contributed by atoms with E-state index >= 15 is 0 Å². The smallest absolute Gasteiger partial charge is 0.187 e. The molecular formula is C16H29N3S. The van der Waals surface area contributed by atoms with Crippen molar-refractivity contribution in [1.29, 1.82) is 0 Å². The van der Waals surface area contributed by atoms with Crippen molar-refractivity contribution in [3.63, 3.8) is 0 Å². The second-order valence-electron chi connectivity index (χ2n) is 7.45. The van der Waals surface area contributed by atoms with Gasteiger partial charge in [0, 0.05) is 11.8 Å². The quantitative estimate of drug-likeness (QED) is 0.597. The first kappa shape index (κ1) is 15.7. The van der Waals surface area contributed by atoms with Gasteiger partial charge in [-0.25, -0.2) is 0 Å². The predicted molar refractivity (Wildman–Crippen MR) is 90.0 cm³/mol. The SMILES string of the molecule is C[C@@H]1CC(=NNC(=S)NC2CCCCC2)CC(C)(C)C1. The summed E-state index contributed by atoms with van der Waals surface area (Å²) in [6, 6.07) is 0.547. The topological polar surface area (TPSA) is 36.4 Å². The Kier molecular flexibility index (Phi) is 5.42. The van der Waals surface area contributed by atoms with Gasteiger partial charge in [0.1, 0.15) is 0 Å². The third-order valence-electron chi connectivity index (χ3n) is 4.42. The zero-order chi connectivity index (χ0) is 14.6. The van der Waals surface area contributed by atoms with Gasteiger partial charge in [-0.05, 0) is 55.7 Å². The first-order chi connectivity index (χ1) is 9.44. The highest BCUT2D eigenvalue weighted by molar-refractivity contribution is 7.80. The van der Waals surface area contributed by atoms with Crippen LogP contribution in [0.4, 0.5) is 0 Å². The zero-order valence-electron chi connectivity index (χ0n) is 13.2. The molecule has 20 heavy (non-hydrogen) atoms. The molecule has 0 amide bonds. The van der Waals surface area contributed by atoms with Crippen molar-refractivity contribution in [2.75, 3.05) is 0 Å². The fourth-order valence-corrected chi connectivity index (χ4v) is 4.01. The van der Waals surface area contributed by atoms with Crippen LogP contribution >= 0.6 is 12.2 Å². The average molecular weight is 295 g/mol. The highest BCUT2D eigenvalue weighted by Crippen LogP contribution is 2.36. The van der Waals surface area contributed by atoms with Gasteiger partial charge in [-0.3, -0.25) is 5.43 Å². The Balaban J connectivity index is 1.80. The van der Waals surface area contributed by atoms with Gasteiger partial charge < -0.3 is 5.32 Å². The summed E-state index contributed by atoms with van der Waals surface area (Å²) in [5, 5.41) is 8.66. The number of rotatable bonds is 2. The summed E-state index contributed by atoms with van der Waals surface area (Å²) < 4.78 is 0. The Morgan fingerprint density at radius 3 is 2.60 bits per heavy atom. The van der Waals surface area contributed by atoms with E-state index in [0.717, 1.165) is 18.8 Å². The first-order valence-corrected chi connectivity index (χ1v) is 8.47. The fourth-order valence-electron chi connectivity index (χ4n) is 3.79. The van der Waals surface area contributed by atoms with Crippen LogP contribution in [0.15, 0.2) is 5.10 Å². The van der Waals surface area contributed by atoms with Crippen molar-refractivity contribution in [2.24, 2.45) is 16.4 Å². The molecule has 0 saturated heterocycles. The van der Waals surface area contributed by atoms with Gasteiger partial charge in [0.15, 0.2) is 5.11 Å². The number of hydrogen-bond donors (Lipinski definition) is 2. The summed E-state index contributed by atoms with van der Waals surface area (Å²) >= 11 is 5.36. The maximum atomic E-state index is 5.36. The summed E-state index contributed by atoms with van der Waals surface area (Å²) in [5.74, 6) is 0.721. The van der Waals surface area contributed by atoms with Gasteiger partial charge in [-0.2, -0.15) is 5.10 Å². The van der Waals surface area contributed by atoms with Crippen LogP contribution in [0.5, 0.6) is 0 Å². The lowest BCUT2D eigenvalue weighted by molar-refractivity contribution is 0.265. The molecule has 2 rings (SSSR count). The van der Waals surface area contributed by atoms with Gasteiger partial charge in [-0.15, -0.1) is 0 Å². The lowest BCUT2D eigenvalue weighted by atomic mass is 9.72. The van der Waals surface area contributed by atoms with Crippen LogP contribution in [0.3, 0.4) is 0 Å². The van der Waals surface area contributed by atoms with E-state index in [0.29, 0.717) is 16.6 Å². The molecule has 0 heterocycles. The van der Waals surface area contributed by atoms with Crippen LogP contribution in [0.1, 0.15) is 72.1 Å². The van der Waals surface area contributed by atoms with Crippen LogP contribution in [0.25, 0.3) is 0 Å². The van der Waals surface area contributed by atoms with Crippen LogP contribution in [-0.2, 0) is 0 Å². The van der Waals surface area contributed by atoms with Gasteiger partial charge in [0.2, 0.25) is 0 Å². The molecule has 3 nitrogen and oxygen atoms in total. The number of hydrogen-bond acceptors (Lipinski definition) is 2. The maximum Gasteiger partial charge on any atom is 0.187 e. The van der Waals surface area contributed by atoms with Gasteiger partial charge in [0.25, 0.3) is 0 Å². The molecule has 1 atom stereocenters. The lowest BCUT2D eigenvalue weighted by Crippen LogP contribution is -2.41. The van der Waals surface area contributed by atoms with E-state index in [1.54, 1.807) is 0 Å². The van der Waals surface area contributed by atoms with E-state index in [4.69, 9.17) is 12.2 Å². The van der Waals surface area contributed by atoms with Crippen molar-refractivity contribution < 1.29 is 0 Å². The zero-order valence-corrected chi connectivity index (χ0v) is 14.0. The summed E-state index contributed by atoms with van der Waals surface area (Å²) in [6.07, 6.45) is 9.95. The summed E-state index contributed by atoms with van der Waals surface area (Å²) in [4.78, 5) is 0. The molecule has 2 saturated carbocycles. The van der Waals surface area contributed by atoms with E-state index in [1.807, 2.05) is 0 Å². The highest BCUT2D eigenvalue weighted by atomic mass is 32.1. The summed E-state index contributed by atoms with van der Waals surface area (Å²) in [7, 11) is 0. The molecule has 0 spiro atoms. The molecule has 2 aliphatic rings. The molecule has 0 radical (unpaired) electrons. The average Bonchev–Trinajstić information content (AvgIpc) is 2.35. The van der Waals surface area contributed by atoms with E-state index in [9.17, 15) is 0 Å². The summed E-state index contributed by atoms with van der Waals surface area (Å²) in [6.45, 7) is 6.97. The van der Waals surface area contributed by atoms with Crippen molar-refractivity contribution in [2.45, 2.75) is 78.2 Å². The Hall–Kier alpha value is -0.640. The predicted octanol–water partition coefficient (Wildman–Crippen LogP) is 3.99. The van der Waals surface area contributed by atoms with Crippen molar-refractivity contribution in [1.82, 2.24) is 10.7 Å². The fraction of sp³-hybridized carbons (Fsp3) is 0.875. The second kappa shape index (κ2) is 6.88. The lowest BCUT2D eigenvalue weighted by Gasteiger charge is -2.34. The molecule has 0 aromatic carbocycles. The highest BCUT2D eigenvalue weighted by Gasteiger charge is 2.29. The minimum atomic E-state index is 0.372. The van der Waals surface area contributed by atoms with Crippen molar-refractivity contribution in [3.8, 4) is 0 Å². The Labute approximate surface area is 129 Å². The standard InChI is InChI=1S/C16H29N3S/c1-12-9-14(11-16(2,3)10-12)18-19-15(20)17-13-7-5-4-6-8-13/h12-13H,4-11H2,1-3H3,(H2,17,19,20)/t12-/m1/s1. The number of thiocarbonyl (C=S) groups is 1. The number of nitrogens with one attached hydrogen (secondary N) is 2. The van der Waals surface area contributed by atoms with Crippen LogP contribution in [0, 0.1) is 11.3 Å². The molecule has 0 aliphatic heterocycles.